The van der Waals surface area contributed by atoms with Gasteiger partial charge in [-0.25, -0.2) is 4.79 Å². The van der Waals surface area contributed by atoms with Crippen LogP contribution in [0.5, 0.6) is 0 Å². The normalized spacial score (nSPS) is 17.0. The van der Waals surface area contributed by atoms with E-state index in [2.05, 4.69) is 0 Å². The summed E-state index contributed by atoms with van der Waals surface area (Å²) in [5.41, 5.74) is 5.37. The van der Waals surface area contributed by atoms with Crippen molar-refractivity contribution in [1.82, 2.24) is 14.0 Å². The van der Waals surface area contributed by atoms with E-state index in [9.17, 15) is 24.3 Å². The van der Waals surface area contributed by atoms with Gasteiger partial charge in [-0.1, -0.05) is 36.8 Å². The lowest BCUT2D eigenvalue weighted by molar-refractivity contribution is -0.144. The molecule has 1 aromatic heterocycles. The Morgan fingerprint density at radius 3 is 2.47 bits per heavy atom. The third kappa shape index (κ3) is 4.20. The van der Waals surface area contributed by atoms with E-state index in [1.165, 1.54) is 4.57 Å². The molecule has 9 nitrogen and oxygen atoms in total. The number of hydrogen-bond donors (Lipinski definition) is 2. The van der Waals surface area contributed by atoms with Gasteiger partial charge in [-0.15, -0.1) is 0 Å². The number of likely N-dealkylation sites (tertiary alicyclic amines) is 1. The summed E-state index contributed by atoms with van der Waals surface area (Å²) >= 11 is 0. The summed E-state index contributed by atoms with van der Waals surface area (Å²) < 4.78 is 2.20. The highest BCUT2D eigenvalue weighted by Crippen LogP contribution is 2.18. The minimum atomic E-state index is -0.990. The molecule has 1 fully saturated rings. The molecule has 1 aromatic carbocycles. The number of carbonyl (C=O) groups is 2. The van der Waals surface area contributed by atoms with Crippen LogP contribution in [0.4, 0.5) is 5.82 Å². The Hall–Kier alpha value is -3.20. The second-order valence-corrected chi connectivity index (χ2v) is 7.41. The van der Waals surface area contributed by atoms with Crippen LogP contribution in [-0.4, -0.2) is 50.0 Å². The maximum atomic E-state index is 13.1. The summed E-state index contributed by atoms with van der Waals surface area (Å²) in [4.78, 5) is 51.8. The summed E-state index contributed by atoms with van der Waals surface area (Å²) in [7, 11) is 0. The lowest BCUT2D eigenvalue weighted by atomic mass is 10.0. The molecule has 0 bridgehead atoms. The zero-order valence-corrected chi connectivity index (χ0v) is 16.9. The Morgan fingerprint density at radius 1 is 1.13 bits per heavy atom. The number of Topliss-reactive ketones (excluding diaryl/α,β-unsaturated/α-hetero) is 1. The van der Waals surface area contributed by atoms with E-state index in [1.54, 1.807) is 11.8 Å². The number of carbonyl (C=O) groups excluding carboxylic acids is 1. The van der Waals surface area contributed by atoms with Crippen molar-refractivity contribution in [2.45, 2.75) is 45.3 Å². The maximum Gasteiger partial charge on any atom is 0.332 e. The number of nitrogens with zero attached hydrogens (tertiary/aromatic N) is 3. The van der Waals surface area contributed by atoms with Crippen molar-refractivity contribution in [1.29, 1.82) is 0 Å². The summed E-state index contributed by atoms with van der Waals surface area (Å²) in [6.45, 7) is 2.07. The van der Waals surface area contributed by atoms with Crippen LogP contribution in [-0.2, 0) is 17.9 Å². The third-order valence-electron chi connectivity index (χ3n) is 5.49. The van der Waals surface area contributed by atoms with Gasteiger partial charge in [0.25, 0.3) is 5.56 Å². The first-order chi connectivity index (χ1) is 14.3. The number of hydrogen-bond acceptors (Lipinski definition) is 6. The van der Waals surface area contributed by atoms with E-state index < -0.39 is 29.0 Å². The van der Waals surface area contributed by atoms with E-state index >= 15 is 0 Å². The number of ketones is 1. The van der Waals surface area contributed by atoms with E-state index in [0.29, 0.717) is 13.0 Å². The second kappa shape index (κ2) is 9.08. The Bertz CT molecular complexity index is 1060. The van der Waals surface area contributed by atoms with Gasteiger partial charge in [0.15, 0.2) is 5.78 Å². The fourth-order valence-electron chi connectivity index (χ4n) is 3.90. The highest BCUT2D eigenvalue weighted by atomic mass is 16.4. The van der Waals surface area contributed by atoms with Gasteiger partial charge in [0.1, 0.15) is 17.4 Å². The number of nitrogen functional groups attached to an aromatic ring is 1. The lowest BCUT2D eigenvalue weighted by Crippen LogP contribution is -2.49. The fraction of sp³-hybridized carbons (Fsp3) is 0.429. The molecule has 1 aliphatic heterocycles. The van der Waals surface area contributed by atoms with Gasteiger partial charge in [0, 0.05) is 6.54 Å². The molecule has 0 spiro atoms. The Morgan fingerprint density at radius 2 is 1.83 bits per heavy atom. The SMILES string of the molecule is CCn1c(=O)c(C(=O)CN2CCCCC2C(=O)O)c(N)n(Cc2ccccc2)c1=O. The van der Waals surface area contributed by atoms with Crippen molar-refractivity contribution < 1.29 is 14.7 Å². The average molecular weight is 414 g/mol. The van der Waals surface area contributed by atoms with Crippen molar-refractivity contribution >= 4 is 17.6 Å². The number of anilines is 1. The summed E-state index contributed by atoms with van der Waals surface area (Å²) in [5, 5.41) is 9.44. The van der Waals surface area contributed by atoms with Gasteiger partial charge in [-0.05, 0) is 31.9 Å². The number of carboxylic acids is 1. The number of piperidine rings is 1. The number of aromatic nitrogens is 2. The molecule has 1 saturated heterocycles. The van der Waals surface area contributed by atoms with Crippen LogP contribution in [0.1, 0.15) is 42.1 Å². The first-order valence-corrected chi connectivity index (χ1v) is 10.0. The van der Waals surface area contributed by atoms with E-state index in [0.717, 1.165) is 23.0 Å². The molecule has 0 aliphatic carbocycles. The first-order valence-electron chi connectivity index (χ1n) is 10.0. The maximum absolute atomic E-state index is 13.1. The summed E-state index contributed by atoms with van der Waals surface area (Å²) in [6.07, 6.45) is 2.00. The molecule has 30 heavy (non-hydrogen) atoms. The molecule has 0 saturated carbocycles. The van der Waals surface area contributed by atoms with Crippen LogP contribution in [0.15, 0.2) is 39.9 Å². The predicted octanol–water partition coefficient (Wildman–Crippen LogP) is 0.782. The van der Waals surface area contributed by atoms with Crippen LogP contribution in [0, 0.1) is 0 Å². The van der Waals surface area contributed by atoms with Gasteiger partial charge in [0.2, 0.25) is 0 Å². The average Bonchev–Trinajstić information content (AvgIpc) is 2.72. The van der Waals surface area contributed by atoms with E-state index in [4.69, 9.17) is 5.73 Å². The highest BCUT2D eigenvalue weighted by Gasteiger charge is 2.32. The molecule has 1 aliphatic rings. The Kier molecular flexibility index (Phi) is 6.51. The van der Waals surface area contributed by atoms with Gasteiger partial charge >= 0.3 is 11.7 Å². The molecule has 1 atom stereocenters. The quantitative estimate of drug-likeness (QED) is 0.641. The molecule has 160 valence electrons. The molecular weight excluding hydrogens is 388 g/mol. The number of aliphatic carboxylic acids is 1. The molecule has 0 amide bonds. The monoisotopic (exact) mass is 414 g/mol. The minimum Gasteiger partial charge on any atom is -0.480 e. The van der Waals surface area contributed by atoms with Crippen molar-refractivity contribution in [2.24, 2.45) is 0 Å². The zero-order chi connectivity index (χ0) is 21.8. The smallest absolute Gasteiger partial charge is 0.332 e. The summed E-state index contributed by atoms with van der Waals surface area (Å²) in [6, 6.07) is 8.35. The zero-order valence-electron chi connectivity index (χ0n) is 16.9. The van der Waals surface area contributed by atoms with Gasteiger partial charge in [-0.2, -0.15) is 0 Å². The molecule has 2 heterocycles. The predicted molar refractivity (Wildman–Crippen MR) is 112 cm³/mol. The molecule has 1 unspecified atom stereocenters. The van der Waals surface area contributed by atoms with Crippen LogP contribution in [0.2, 0.25) is 0 Å². The molecule has 3 rings (SSSR count). The van der Waals surface area contributed by atoms with Crippen molar-refractivity contribution in [3.05, 3.63) is 62.3 Å². The Balaban J connectivity index is 2.02. The highest BCUT2D eigenvalue weighted by molar-refractivity contribution is 6.01. The third-order valence-corrected chi connectivity index (χ3v) is 5.49. The van der Waals surface area contributed by atoms with Gasteiger partial charge < -0.3 is 10.8 Å². The Labute approximate surface area is 173 Å². The first kappa shape index (κ1) is 21.5. The van der Waals surface area contributed by atoms with Gasteiger partial charge in [0.05, 0.1) is 13.1 Å². The number of rotatable bonds is 7. The molecular formula is C21H26N4O5. The second-order valence-electron chi connectivity index (χ2n) is 7.41. The largest absolute Gasteiger partial charge is 0.480 e. The van der Waals surface area contributed by atoms with E-state index in [-0.39, 0.29) is 31.0 Å². The number of benzene rings is 1. The minimum absolute atomic E-state index is 0.0917. The number of carboxylic acid groups (broad SMARTS) is 1. The lowest BCUT2D eigenvalue weighted by Gasteiger charge is -2.32. The van der Waals surface area contributed by atoms with Crippen molar-refractivity contribution in [3.63, 3.8) is 0 Å². The molecule has 0 radical (unpaired) electrons. The van der Waals surface area contributed by atoms with Gasteiger partial charge in [-0.3, -0.25) is 28.4 Å². The van der Waals surface area contributed by atoms with Crippen LogP contribution < -0.4 is 17.0 Å². The fourth-order valence-corrected chi connectivity index (χ4v) is 3.90. The van der Waals surface area contributed by atoms with Crippen LogP contribution in [0.25, 0.3) is 0 Å². The molecule has 9 heteroatoms. The van der Waals surface area contributed by atoms with Crippen molar-refractivity contribution in [2.75, 3.05) is 18.8 Å². The van der Waals surface area contributed by atoms with E-state index in [1.807, 2.05) is 30.3 Å². The molecule has 3 N–H and O–H groups in total. The number of nitrogens with two attached hydrogens (primary N) is 1. The standard InChI is InChI=1S/C21H26N4O5/c1-2-24-19(27)17(16(26)13-23-11-7-6-10-15(23)20(28)29)18(22)25(21(24)30)12-14-8-4-3-5-9-14/h3-5,8-9,15H,2,6-7,10-13,22H2,1H3,(H,28,29). The van der Waals surface area contributed by atoms with Crippen LogP contribution in [0.3, 0.4) is 0 Å². The summed E-state index contributed by atoms with van der Waals surface area (Å²) in [5.74, 6) is -1.75. The van der Waals surface area contributed by atoms with Crippen LogP contribution >= 0.6 is 0 Å². The topological polar surface area (TPSA) is 128 Å². The van der Waals surface area contributed by atoms with Crippen molar-refractivity contribution in [3.8, 4) is 0 Å². The molecule has 2 aromatic rings.